The molecular formula is C104H206O6S4Si10. The molecule has 0 heterocycles. The first-order valence-electron chi connectivity index (χ1n) is 44.7. The summed E-state index contributed by atoms with van der Waals surface area (Å²) in [5.74, 6) is 9.33. The van der Waals surface area contributed by atoms with E-state index in [9.17, 15) is 0 Å². The molecule has 0 radical (unpaired) electrons. The van der Waals surface area contributed by atoms with E-state index in [1.807, 2.05) is 11.8 Å². The molecule has 6 aromatic rings. The minimum Gasteiger partial charge on any atom is -0.456 e. The fraction of sp³-hybridized carbons (Fsp3) is 0.654. The topological polar surface area (TPSA) is 66.4 Å². The number of aliphatic hydroxyl groups excluding tert-OH is 1. The van der Waals surface area contributed by atoms with E-state index in [4.69, 9.17) is 25.7 Å². The van der Waals surface area contributed by atoms with Gasteiger partial charge in [0.15, 0.2) is 83.2 Å². The van der Waals surface area contributed by atoms with Gasteiger partial charge in [0.25, 0.3) is 0 Å². The third-order valence-corrected chi connectivity index (χ3v) is 61.3. The summed E-state index contributed by atoms with van der Waals surface area (Å²) in [5, 5.41) is 9.97. The Labute approximate surface area is 804 Å². The zero-order chi connectivity index (χ0) is 86.1. The molecule has 9 atom stereocenters. The maximum absolute atomic E-state index is 9.05. The molecule has 1 fully saturated rings. The second-order valence-electron chi connectivity index (χ2n) is 39.3. The van der Waals surface area contributed by atoms with Gasteiger partial charge in [0.05, 0.1) is 5.94 Å². The van der Waals surface area contributed by atoms with Crippen LogP contribution in [0.1, 0.15) is 236 Å². The van der Waals surface area contributed by atoms with Crippen LogP contribution in [0.4, 0.5) is 0 Å². The van der Waals surface area contributed by atoms with Crippen LogP contribution in [0.5, 0.6) is 0 Å². The van der Waals surface area contributed by atoms with Crippen LogP contribution in [-0.2, 0) is 20.6 Å². The van der Waals surface area contributed by atoms with Crippen LogP contribution in [0.15, 0.2) is 181 Å². The summed E-state index contributed by atoms with van der Waals surface area (Å²) in [6.45, 7) is 65.5. The number of aliphatic hydroxyl groups is 1. The molecule has 1 aliphatic rings. The van der Waals surface area contributed by atoms with E-state index in [1.54, 1.807) is 11.8 Å². The first-order valence-corrected chi connectivity index (χ1v) is 80.5. The van der Waals surface area contributed by atoms with Crippen LogP contribution in [0.2, 0.25) is 192 Å². The lowest BCUT2D eigenvalue weighted by Crippen LogP contribution is -2.46. The third kappa shape index (κ3) is 61.5. The van der Waals surface area contributed by atoms with Crippen LogP contribution < -0.4 is 0 Å². The van der Waals surface area contributed by atoms with E-state index in [-0.39, 0.29) is 72.8 Å². The van der Waals surface area contributed by atoms with Crippen molar-refractivity contribution < 1.29 is 25.7 Å². The van der Waals surface area contributed by atoms with Crippen molar-refractivity contribution in [2.45, 2.75) is 411 Å². The monoisotopic (exact) mass is 1960 g/mol. The van der Waals surface area contributed by atoms with E-state index in [0.717, 1.165) is 29.2 Å². The maximum atomic E-state index is 9.05. The summed E-state index contributed by atoms with van der Waals surface area (Å²) in [5.41, 5.74) is 8.72. The Morgan fingerprint density at radius 1 is 0.306 bits per heavy atom. The zero-order valence-electron chi connectivity index (χ0n) is 78.5. The van der Waals surface area contributed by atoms with Crippen LogP contribution in [-0.4, -0.2) is 128 Å². The van der Waals surface area contributed by atoms with E-state index >= 15 is 0 Å². The van der Waals surface area contributed by atoms with Gasteiger partial charge in [-0.25, -0.2) is 0 Å². The molecule has 0 aromatic heterocycles. The Bertz CT molecular complexity index is 3360. The van der Waals surface area contributed by atoms with Crippen LogP contribution in [0, 0.1) is 6.92 Å². The summed E-state index contributed by atoms with van der Waals surface area (Å²) < 4.78 is 33.8. The third-order valence-electron chi connectivity index (χ3n) is 21.4. The second kappa shape index (κ2) is 68.6. The number of rotatable bonds is 46. The van der Waals surface area contributed by atoms with Crippen molar-refractivity contribution in [2.24, 2.45) is 0 Å². The van der Waals surface area contributed by atoms with Gasteiger partial charge in [-0.05, 0) is 342 Å². The highest BCUT2D eigenvalue weighted by molar-refractivity contribution is 8.00. The lowest BCUT2D eigenvalue weighted by molar-refractivity contribution is 0.375. The quantitative estimate of drug-likeness (QED) is 0.0173. The molecule has 1 N–H and O–H groups in total. The Balaban J connectivity index is -0.000000273. The number of hydrogen-bond acceptors (Lipinski definition) is 10. The van der Waals surface area contributed by atoms with Gasteiger partial charge in [0, 0.05) is 10.1 Å². The van der Waals surface area contributed by atoms with Crippen molar-refractivity contribution >= 4 is 130 Å². The summed E-state index contributed by atoms with van der Waals surface area (Å²) >= 11 is 7.91. The van der Waals surface area contributed by atoms with Gasteiger partial charge >= 0.3 is 0 Å². The molecule has 0 amide bonds. The molecule has 6 aromatic carbocycles. The predicted molar refractivity (Wildman–Crippen MR) is 611 cm³/mol. The molecular weight excluding hydrogens is 1750 g/mol. The second-order valence-corrected chi connectivity index (χ2v) is 88.7. The van der Waals surface area contributed by atoms with Crippen molar-refractivity contribution in [2.75, 3.05) is 34.7 Å². The van der Waals surface area contributed by atoms with Crippen molar-refractivity contribution in [3.8, 4) is 0 Å². The highest BCUT2D eigenvalue weighted by Gasteiger charge is 2.41. The summed E-state index contributed by atoms with van der Waals surface area (Å²) in [7, 11) is -15.9. The highest BCUT2D eigenvalue weighted by Crippen LogP contribution is 2.41. The van der Waals surface area contributed by atoms with Gasteiger partial charge < -0.3 is 25.7 Å². The standard InChI is InChI=1S/C23H36OSSi2.C22H40OSSi2.C18H34OSSi2.C17H32O2SSi2.C15H28OSi2.9CH4/c1-7-21(22-11-9-8-10-12-22)19-27(6,24-26(3,4)5)18-17-25-23-15-13-20(2)14-16-23;1-6-20(21-13-9-7-10-14-21)19-26(5,23-25(2,3)4)18-17-24-22-15-11-8-12-16-22;1-7-17(18-12-10-9-11-13-18)16-22(6,15-14-20-8-2)19-21(3,4)5;1-6-16(17-10-8-7-9-11-17)14-22(5,13-12-20-15-18)19-21(2,3)4;1-7-14(15-11-9-8-10-12-15)13-18(5,6)16-17(2,3)4;;;;;;;;;/h8-16,21H,7,17-19H2,1-6H3;7,9-10,13-14,20,22H,6,8,11-12,15-19H2,1-5H3;9-13,17H,7-8,14-16H2,1-6H3;7-11,16,18H,6,12-15H2,1-5H3;8-12,14H,7,13H2,1-6H3;9*1H4. The first kappa shape index (κ1) is 136. The van der Waals surface area contributed by atoms with E-state index in [1.165, 1.54) is 162 Å². The van der Waals surface area contributed by atoms with Crippen molar-refractivity contribution in [3.05, 3.63) is 209 Å². The minimum atomic E-state index is -1.78. The van der Waals surface area contributed by atoms with Gasteiger partial charge in [-0.15, -0.1) is 23.5 Å². The van der Waals surface area contributed by atoms with Gasteiger partial charge in [0.1, 0.15) is 0 Å². The van der Waals surface area contributed by atoms with Gasteiger partial charge in [0.2, 0.25) is 0 Å². The van der Waals surface area contributed by atoms with Crippen LogP contribution >= 0.6 is 47.0 Å². The normalized spacial score (nSPS) is 15.4. The van der Waals surface area contributed by atoms with Crippen molar-refractivity contribution in [1.82, 2.24) is 0 Å². The number of hydrogen-bond donors (Lipinski definition) is 1. The lowest BCUT2D eigenvalue weighted by atomic mass is 9.99. The Hall–Kier alpha value is -1.35. The van der Waals surface area contributed by atoms with Gasteiger partial charge in [-0.3, -0.25) is 0 Å². The molecule has 0 saturated heterocycles. The summed E-state index contributed by atoms with van der Waals surface area (Å²) in [6.07, 6.45) is 13.2. The highest BCUT2D eigenvalue weighted by atomic mass is 32.2. The molecule has 1 aliphatic carbocycles. The Morgan fingerprint density at radius 3 is 0.806 bits per heavy atom. The summed E-state index contributed by atoms with van der Waals surface area (Å²) in [4.78, 5) is 1.38. The van der Waals surface area contributed by atoms with Crippen LogP contribution in [0.25, 0.3) is 0 Å². The zero-order valence-corrected chi connectivity index (χ0v) is 91.8. The molecule has 124 heavy (non-hydrogen) atoms. The lowest BCUT2D eigenvalue weighted by Gasteiger charge is -2.37. The molecule has 0 spiro atoms. The van der Waals surface area contributed by atoms with Crippen molar-refractivity contribution in [1.29, 1.82) is 0 Å². The Kier molecular flexibility index (Phi) is 75.1. The van der Waals surface area contributed by atoms with Gasteiger partial charge in [-0.1, -0.05) is 297 Å². The maximum Gasteiger partial charge on any atom is 0.177 e. The molecule has 1 saturated carbocycles. The molecule has 9 unspecified atom stereocenters. The first-order chi connectivity index (χ1) is 53.8. The number of thioether (sulfide) groups is 4. The van der Waals surface area contributed by atoms with E-state index in [0.29, 0.717) is 29.6 Å². The fourth-order valence-electron chi connectivity index (χ4n) is 16.9. The molecule has 722 valence electrons. The molecule has 7 rings (SSSR count). The molecule has 6 nitrogen and oxygen atoms in total. The number of benzene rings is 6. The van der Waals surface area contributed by atoms with Gasteiger partial charge in [-0.2, -0.15) is 23.5 Å². The molecule has 0 aliphatic heterocycles. The average Bonchev–Trinajstić information content (AvgIpc) is 0.852. The largest absolute Gasteiger partial charge is 0.456 e. The summed E-state index contributed by atoms with van der Waals surface area (Å²) in [6, 6.07) is 75.0. The molecule has 0 bridgehead atoms. The predicted octanol–water partition coefficient (Wildman–Crippen LogP) is 38.0. The van der Waals surface area contributed by atoms with Crippen molar-refractivity contribution in [3.63, 3.8) is 0 Å². The average molecular weight is 1960 g/mol. The Morgan fingerprint density at radius 2 is 0.556 bits per heavy atom. The SMILES string of the molecule is C.C.C.C.C.C.C.C.C.CCC(C[Si](C)(C)O[Si](C)(C)C)c1ccccc1.CCC(C[Si](C)(CCSC1CCCCC1)O[Si](C)(C)C)c1ccccc1.CCC(C[Si](C)(CCSCO)O[Si](C)(C)C)c1ccccc1.CCC(C[Si](C)(CCSc1ccc(C)cc1)O[Si](C)(C)C)c1ccccc1.CCSCC[Si](C)(CC(CC)c1ccccc1)O[Si](C)(C)C. The smallest absolute Gasteiger partial charge is 0.177 e. The van der Waals surface area contributed by atoms with E-state index in [2.05, 4.69) is 385 Å². The number of aryl methyl sites for hydroxylation is 1. The molecule has 20 heteroatoms. The fourth-order valence-corrected chi connectivity index (χ4v) is 70.2. The van der Waals surface area contributed by atoms with Crippen LogP contribution in [0.3, 0.4) is 0 Å². The minimum absolute atomic E-state index is 0. The van der Waals surface area contributed by atoms with E-state index < -0.39 is 83.2 Å².